The summed E-state index contributed by atoms with van der Waals surface area (Å²) in [4.78, 5) is 24.7. The highest BCUT2D eigenvalue weighted by Gasteiger charge is 2.30. The van der Waals surface area contributed by atoms with E-state index in [4.69, 9.17) is 32.7 Å². The average Bonchev–Trinajstić information content (AvgIpc) is 2.81. The van der Waals surface area contributed by atoms with E-state index in [0.29, 0.717) is 28.6 Å². The number of alkyl halides is 3. The van der Waals surface area contributed by atoms with Crippen LogP contribution in [0.25, 0.3) is 0 Å². The molecule has 7 nitrogen and oxygen atoms in total. The highest BCUT2D eigenvalue weighted by atomic mass is 35.5. The number of hydrogen-bond donors (Lipinski definition) is 1. The molecular weight excluding hydrogens is 538 g/mol. The van der Waals surface area contributed by atoms with E-state index in [1.54, 1.807) is 49.4 Å². The van der Waals surface area contributed by atoms with Gasteiger partial charge in [0, 0.05) is 29.6 Å². The van der Waals surface area contributed by atoms with Crippen molar-refractivity contribution in [2.75, 3.05) is 32.9 Å². The molecule has 0 radical (unpaired) electrons. The van der Waals surface area contributed by atoms with Crippen LogP contribution in [-0.4, -0.2) is 67.3 Å². The van der Waals surface area contributed by atoms with Gasteiger partial charge in [-0.15, -0.1) is 0 Å². The van der Waals surface area contributed by atoms with Crippen molar-refractivity contribution in [3.8, 4) is 5.75 Å². The van der Waals surface area contributed by atoms with E-state index in [0.717, 1.165) is 16.0 Å². The SMILES string of the molecule is CCOC(Cc1ccc(OCCN(CCCc2cc(Cl)cc(Cl)c2)C(=O)OCC(F)(F)F)cc1)C(=O)O. The van der Waals surface area contributed by atoms with Crippen molar-refractivity contribution in [1.82, 2.24) is 4.90 Å². The zero-order valence-corrected chi connectivity index (χ0v) is 21.6. The molecule has 1 amide bonds. The van der Waals surface area contributed by atoms with E-state index >= 15 is 0 Å². The first-order valence-corrected chi connectivity index (χ1v) is 12.2. The maximum absolute atomic E-state index is 12.5. The molecule has 37 heavy (non-hydrogen) atoms. The first-order chi connectivity index (χ1) is 17.5. The third-order valence-corrected chi connectivity index (χ3v) is 5.49. The summed E-state index contributed by atoms with van der Waals surface area (Å²) in [6, 6.07) is 11.7. The van der Waals surface area contributed by atoms with E-state index in [1.807, 2.05) is 0 Å². The minimum absolute atomic E-state index is 0.000153. The lowest BCUT2D eigenvalue weighted by Gasteiger charge is -2.23. The Morgan fingerprint density at radius 2 is 1.68 bits per heavy atom. The molecular formula is C25H28Cl2F3NO6. The summed E-state index contributed by atoms with van der Waals surface area (Å²) in [7, 11) is 0. The second-order valence-electron chi connectivity index (χ2n) is 8.02. The molecule has 12 heteroatoms. The van der Waals surface area contributed by atoms with Gasteiger partial charge in [-0.25, -0.2) is 9.59 Å². The fraction of sp³-hybridized carbons (Fsp3) is 0.440. The van der Waals surface area contributed by atoms with Crippen molar-refractivity contribution in [2.24, 2.45) is 0 Å². The van der Waals surface area contributed by atoms with Crippen LogP contribution in [0, 0.1) is 0 Å². The topological polar surface area (TPSA) is 85.3 Å². The van der Waals surface area contributed by atoms with Crippen LogP contribution in [0.15, 0.2) is 42.5 Å². The molecule has 2 aromatic rings. The summed E-state index contributed by atoms with van der Waals surface area (Å²) in [5.74, 6) is -0.609. The smallest absolute Gasteiger partial charge is 0.422 e. The Balaban J connectivity index is 1.92. The highest BCUT2D eigenvalue weighted by Crippen LogP contribution is 2.21. The summed E-state index contributed by atoms with van der Waals surface area (Å²) >= 11 is 12.0. The van der Waals surface area contributed by atoms with E-state index in [9.17, 15) is 27.9 Å². The summed E-state index contributed by atoms with van der Waals surface area (Å²) in [5, 5.41) is 10.1. The van der Waals surface area contributed by atoms with Gasteiger partial charge in [0.25, 0.3) is 0 Å². The number of benzene rings is 2. The molecule has 2 aromatic carbocycles. The quantitative estimate of drug-likeness (QED) is 0.300. The lowest BCUT2D eigenvalue weighted by Crippen LogP contribution is -2.37. The lowest BCUT2D eigenvalue weighted by atomic mass is 10.1. The highest BCUT2D eigenvalue weighted by molar-refractivity contribution is 6.34. The van der Waals surface area contributed by atoms with Gasteiger partial charge < -0.3 is 24.2 Å². The normalized spacial score (nSPS) is 12.2. The Bertz CT molecular complexity index is 1000. The van der Waals surface area contributed by atoms with Gasteiger partial charge in [-0.3, -0.25) is 0 Å². The molecule has 0 fully saturated rings. The second-order valence-corrected chi connectivity index (χ2v) is 8.89. The number of halogens is 5. The number of carbonyl (C=O) groups excluding carboxylic acids is 1. The summed E-state index contributed by atoms with van der Waals surface area (Å²) in [6.07, 6.45) is -5.60. The van der Waals surface area contributed by atoms with Gasteiger partial charge in [-0.05, 0) is 61.2 Å². The van der Waals surface area contributed by atoms with Crippen LogP contribution in [-0.2, 0) is 27.1 Å². The minimum Gasteiger partial charge on any atom is -0.492 e. The molecule has 1 unspecified atom stereocenters. The Labute approximate surface area is 223 Å². The fourth-order valence-electron chi connectivity index (χ4n) is 3.39. The number of rotatable bonds is 14. The molecule has 204 valence electrons. The molecule has 0 saturated carbocycles. The maximum atomic E-state index is 12.5. The van der Waals surface area contributed by atoms with E-state index in [1.165, 1.54) is 0 Å². The van der Waals surface area contributed by atoms with Crippen LogP contribution in [0.2, 0.25) is 10.0 Å². The average molecular weight is 566 g/mol. The standard InChI is InChI=1S/C25H28Cl2F3NO6/c1-2-35-22(23(32)33)14-17-5-7-21(8-6-17)36-11-10-31(24(34)37-16-25(28,29)30)9-3-4-18-12-19(26)15-20(27)13-18/h5-8,12-13,15,22H,2-4,9-11,14,16H2,1H3,(H,32,33). The van der Waals surface area contributed by atoms with Crippen molar-refractivity contribution in [2.45, 2.75) is 38.5 Å². The van der Waals surface area contributed by atoms with Crippen molar-refractivity contribution < 1.29 is 42.1 Å². The van der Waals surface area contributed by atoms with E-state index in [-0.39, 0.29) is 32.7 Å². The number of carbonyl (C=O) groups is 2. The van der Waals surface area contributed by atoms with Crippen LogP contribution in [0.1, 0.15) is 24.5 Å². The zero-order chi connectivity index (χ0) is 27.4. The van der Waals surface area contributed by atoms with Crippen molar-refractivity contribution in [3.05, 3.63) is 63.6 Å². The fourth-order valence-corrected chi connectivity index (χ4v) is 3.96. The second kappa shape index (κ2) is 14.9. The molecule has 0 aliphatic carbocycles. The number of hydrogen-bond acceptors (Lipinski definition) is 5. The first kappa shape index (κ1) is 30.5. The van der Waals surface area contributed by atoms with Crippen LogP contribution in [0.5, 0.6) is 5.75 Å². The lowest BCUT2D eigenvalue weighted by molar-refractivity contribution is -0.162. The van der Waals surface area contributed by atoms with E-state index < -0.39 is 30.9 Å². The van der Waals surface area contributed by atoms with Gasteiger partial charge in [0.2, 0.25) is 0 Å². The number of nitrogens with zero attached hydrogens (tertiary/aromatic N) is 1. The summed E-state index contributed by atoms with van der Waals surface area (Å²) in [5.41, 5.74) is 1.55. The zero-order valence-electron chi connectivity index (χ0n) is 20.1. The number of amides is 1. The molecule has 0 spiro atoms. The van der Waals surface area contributed by atoms with E-state index in [2.05, 4.69) is 4.74 Å². The Morgan fingerprint density at radius 1 is 1.03 bits per heavy atom. The predicted octanol–water partition coefficient (Wildman–Crippen LogP) is 6.04. The van der Waals surface area contributed by atoms with Crippen LogP contribution < -0.4 is 4.74 Å². The molecule has 2 rings (SSSR count). The number of carboxylic acid groups (broad SMARTS) is 1. The molecule has 0 aliphatic heterocycles. The number of ether oxygens (including phenoxy) is 3. The third kappa shape index (κ3) is 11.9. The van der Waals surface area contributed by atoms with Gasteiger partial charge in [-0.2, -0.15) is 13.2 Å². The molecule has 1 N–H and O–H groups in total. The molecule has 0 aromatic heterocycles. The van der Waals surface area contributed by atoms with Crippen molar-refractivity contribution >= 4 is 35.3 Å². The van der Waals surface area contributed by atoms with Gasteiger partial charge in [0.1, 0.15) is 12.4 Å². The largest absolute Gasteiger partial charge is 0.492 e. The first-order valence-electron chi connectivity index (χ1n) is 11.5. The van der Waals surface area contributed by atoms with Gasteiger partial charge >= 0.3 is 18.2 Å². The van der Waals surface area contributed by atoms with Crippen molar-refractivity contribution in [1.29, 1.82) is 0 Å². The molecule has 0 bridgehead atoms. The van der Waals surface area contributed by atoms with Gasteiger partial charge in [0.15, 0.2) is 12.7 Å². The van der Waals surface area contributed by atoms with Crippen LogP contribution >= 0.6 is 23.2 Å². The van der Waals surface area contributed by atoms with Gasteiger partial charge in [-0.1, -0.05) is 35.3 Å². The van der Waals surface area contributed by atoms with Crippen LogP contribution in [0.3, 0.4) is 0 Å². The minimum atomic E-state index is -4.64. The Morgan fingerprint density at radius 3 is 2.24 bits per heavy atom. The van der Waals surface area contributed by atoms with Gasteiger partial charge in [0.05, 0.1) is 6.54 Å². The predicted molar refractivity (Wildman–Crippen MR) is 132 cm³/mol. The molecule has 0 heterocycles. The maximum Gasteiger partial charge on any atom is 0.422 e. The number of aryl methyl sites for hydroxylation is 1. The van der Waals surface area contributed by atoms with Crippen molar-refractivity contribution in [3.63, 3.8) is 0 Å². The Kier molecular flexibility index (Phi) is 12.3. The monoisotopic (exact) mass is 565 g/mol. The number of aliphatic carboxylic acids is 1. The number of carboxylic acids is 1. The van der Waals surface area contributed by atoms with Crippen LogP contribution in [0.4, 0.5) is 18.0 Å². The summed E-state index contributed by atoms with van der Waals surface area (Å²) in [6.45, 7) is 0.403. The molecule has 1 atom stereocenters. The Hall–Kier alpha value is -2.69. The third-order valence-electron chi connectivity index (χ3n) is 5.05. The summed E-state index contributed by atoms with van der Waals surface area (Å²) < 4.78 is 52.8. The molecule has 0 saturated heterocycles. The molecule has 0 aliphatic rings.